The maximum Gasteiger partial charge on any atom is 0.255 e. The lowest BCUT2D eigenvalue weighted by molar-refractivity contribution is 0.108. The van der Waals surface area contributed by atoms with Gasteiger partial charge >= 0.3 is 0 Å². The van der Waals surface area contributed by atoms with Crippen LogP contribution in [0.25, 0.3) is 0 Å². The highest BCUT2D eigenvalue weighted by molar-refractivity contribution is 9.13. The number of pyridine rings is 1. The molecule has 0 aliphatic rings. The van der Waals surface area contributed by atoms with E-state index in [0.717, 1.165) is 0 Å². The molecule has 5 heteroatoms. The summed E-state index contributed by atoms with van der Waals surface area (Å²) in [4.78, 5) is 14.5. The van der Waals surface area contributed by atoms with Crippen molar-refractivity contribution < 1.29 is 4.79 Å². The van der Waals surface area contributed by atoms with E-state index < -0.39 is 5.24 Å². The Labute approximate surface area is 85.2 Å². The third-order valence-corrected chi connectivity index (χ3v) is 3.24. The van der Waals surface area contributed by atoms with Crippen LogP contribution >= 0.6 is 43.5 Å². The van der Waals surface area contributed by atoms with Crippen molar-refractivity contribution in [1.82, 2.24) is 4.98 Å². The largest absolute Gasteiger partial charge is 0.276 e. The monoisotopic (exact) mass is 297 g/mol. The first-order chi connectivity index (χ1) is 5.13. The highest BCUT2D eigenvalue weighted by Crippen LogP contribution is 2.26. The smallest absolute Gasteiger partial charge is 0.255 e. The van der Waals surface area contributed by atoms with E-state index in [0.29, 0.717) is 14.5 Å². The molecule has 0 atom stereocenters. The number of halogens is 3. The van der Waals surface area contributed by atoms with E-state index in [4.69, 9.17) is 11.6 Å². The van der Waals surface area contributed by atoms with Crippen molar-refractivity contribution in [2.45, 2.75) is 0 Å². The topological polar surface area (TPSA) is 30.0 Å². The van der Waals surface area contributed by atoms with Crippen LogP contribution in [-0.4, -0.2) is 10.2 Å². The average Bonchev–Trinajstić information content (AvgIpc) is 1.94. The van der Waals surface area contributed by atoms with E-state index in [-0.39, 0.29) is 0 Å². The van der Waals surface area contributed by atoms with Crippen molar-refractivity contribution in [2.75, 3.05) is 0 Å². The van der Waals surface area contributed by atoms with Gasteiger partial charge < -0.3 is 0 Å². The molecule has 58 valence electrons. The summed E-state index contributed by atoms with van der Waals surface area (Å²) < 4.78 is 1.34. The van der Waals surface area contributed by atoms with Gasteiger partial charge in [-0.25, -0.2) is 0 Å². The number of nitrogens with zero attached hydrogens (tertiary/aromatic N) is 1. The van der Waals surface area contributed by atoms with Gasteiger partial charge in [-0.3, -0.25) is 9.78 Å². The van der Waals surface area contributed by atoms with E-state index in [9.17, 15) is 4.79 Å². The summed E-state index contributed by atoms with van der Waals surface area (Å²) in [6, 6.07) is 0. The van der Waals surface area contributed by atoms with Gasteiger partial charge in [-0.15, -0.1) is 0 Å². The Balaban J connectivity index is 3.27. The zero-order valence-corrected chi connectivity index (χ0v) is 9.07. The molecule has 0 amide bonds. The number of carbonyl (C=O) groups excluding carboxylic acids is 1. The van der Waals surface area contributed by atoms with Crippen LogP contribution in [0, 0.1) is 0 Å². The van der Waals surface area contributed by atoms with Crippen LogP contribution in [0.15, 0.2) is 21.3 Å². The van der Waals surface area contributed by atoms with Crippen molar-refractivity contribution in [1.29, 1.82) is 0 Å². The molecule has 0 aromatic carbocycles. The molecule has 0 spiro atoms. The van der Waals surface area contributed by atoms with Gasteiger partial charge in [0.2, 0.25) is 0 Å². The Morgan fingerprint density at radius 3 is 2.55 bits per heavy atom. The van der Waals surface area contributed by atoms with Gasteiger partial charge in [-0.05, 0) is 43.5 Å². The molecule has 0 aliphatic heterocycles. The van der Waals surface area contributed by atoms with E-state index in [1.807, 2.05) is 0 Å². The summed E-state index contributed by atoms with van der Waals surface area (Å²) in [7, 11) is 0. The lowest BCUT2D eigenvalue weighted by Gasteiger charge is -1.98. The average molecular weight is 299 g/mol. The standard InChI is InChI=1S/C6H2Br2ClNO/c7-4-2-10-1-3(5(4)8)6(9)11/h1-2H. The molecule has 2 nitrogen and oxygen atoms in total. The minimum atomic E-state index is -0.523. The zero-order valence-electron chi connectivity index (χ0n) is 5.14. The van der Waals surface area contributed by atoms with Crippen LogP contribution in [0.3, 0.4) is 0 Å². The molecule has 1 aromatic rings. The number of aromatic nitrogens is 1. The Kier molecular flexibility index (Phi) is 3.04. The molecule has 1 heterocycles. The van der Waals surface area contributed by atoms with Crippen molar-refractivity contribution in [3.05, 3.63) is 26.9 Å². The van der Waals surface area contributed by atoms with Gasteiger partial charge in [0.1, 0.15) is 0 Å². The summed E-state index contributed by atoms with van der Waals surface area (Å²) in [6.45, 7) is 0. The van der Waals surface area contributed by atoms with Gasteiger partial charge in [0, 0.05) is 16.9 Å². The van der Waals surface area contributed by atoms with Gasteiger partial charge in [0.05, 0.1) is 10.0 Å². The van der Waals surface area contributed by atoms with E-state index in [2.05, 4.69) is 36.8 Å². The molecule has 0 aliphatic carbocycles. The second-order valence-corrected chi connectivity index (χ2v) is 3.75. The highest BCUT2D eigenvalue weighted by Gasteiger charge is 2.09. The summed E-state index contributed by atoms with van der Waals surface area (Å²) in [5.41, 5.74) is 0.362. The molecule has 0 fully saturated rings. The zero-order chi connectivity index (χ0) is 8.43. The summed E-state index contributed by atoms with van der Waals surface area (Å²) in [5.74, 6) is 0. The highest BCUT2D eigenvalue weighted by atomic mass is 79.9. The van der Waals surface area contributed by atoms with Crippen molar-refractivity contribution in [2.24, 2.45) is 0 Å². The number of hydrogen-bond donors (Lipinski definition) is 0. The molecule has 11 heavy (non-hydrogen) atoms. The first kappa shape index (κ1) is 9.16. The lowest BCUT2D eigenvalue weighted by atomic mass is 10.3. The normalized spacial score (nSPS) is 9.73. The summed E-state index contributed by atoms with van der Waals surface area (Å²) in [5, 5.41) is -0.523. The maximum absolute atomic E-state index is 10.7. The number of carbonyl (C=O) groups is 1. The first-order valence-corrected chi connectivity index (χ1v) is 4.58. The van der Waals surface area contributed by atoms with Crippen LogP contribution in [0.1, 0.15) is 10.4 Å². The van der Waals surface area contributed by atoms with Gasteiger partial charge in [-0.1, -0.05) is 0 Å². The molecular formula is C6H2Br2ClNO. The van der Waals surface area contributed by atoms with Crippen LogP contribution in [-0.2, 0) is 0 Å². The van der Waals surface area contributed by atoms with Crippen LogP contribution < -0.4 is 0 Å². The molecular weight excluding hydrogens is 297 g/mol. The fourth-order valence-electron chi connectivity index (χ4n) is 0.556. The maximum atomic E-state index is 10.7. The predicted octanol–water partition coefficient (Wildman–Crippen LogP) is 2.99. The van der Waals surface area contributed by atoms with Crippen molar-refractivity contribution in [3.8, 4) is 0 Å². The summed E-state index contributed by atoms with van der Waals surface area (Å²) >= 11 is 11.6. The molecule has 0 saturated heterocycles. The quantitative estimate of drug-likeness (QED) is 0.746. The lowest BCUT2D eigenvalue weighted by Crippen LogP contribution is -1.92. The Morgan fingerprint density at radius 2 is 2.09 bits per heavy atom. The van der Waals surface area contributed by atoms with Crippen molar-refractivity contribution in [3.63, 3.8) is 0 Å². The molecule has 1 aromatic heterocycles. The van der Waals surface area contributed by atoms with E-state index in [1.54, 1.807) is 6.20 Å². The molecule has 1 rings (SSSR count). The Morgan fingerprint density at radius 1 is 1.45 bits per heavy atom. The van der Waals surface area contributed by atoms with E-state index >= 15 is 0 Å². The van der Waals surface area contributed by atoms with Gasteiger partial charge in [0.25, 0.3) is 5.24 Å². The SMILES string of the molecule is O=C(Cl)c1cncc(Br)c1Br. The molecule has 0 unspecified atom stereocenters. The molecule has 0 N–H and O–H groups in total. The predicted molar refractivity (Wildman–Crippen MR) is 49.8 cm³/mol. The van der Waals surface area contributed by atoms with Crippen LogP contribution in [0.5, 0.6) is 0 Å². The second kappa shape index (κ2) is 3.65. The van der Waals surface area contributed by atoms with Gasteiger partial charge in [0.15, 0.2) is 0 Å². The minimum Gasteiger partial charge on any atom is -0.276 e. The Bertz CT molecular complexity index is 303. The minimum absolute atomic E-state index is 0.362. The fourth-order valence-corrected chi connectivity index (χ4v) is 1.53. The van der Waals surface area contributed by atoms with E-state index in [1.165, 1.54) is 6.20 Å². The fraction of sp³-hybridized carbons (Fsp3) is 0. The third-order valence-electron chi connectivity index (χ3n) is 1.05. The van der Waals surface area contributed by atoms with Crippen LogP contribution in [0.2, 0.25) is 0 Å². The number of rotatable bonds is 1. The van der Waals surface area contributed by atoms with Gasteiger partial charge in [-0.2, -0.15) is 0 Å². The molecule has 0 radical (unpaired) electrons. The first-order valence-electron chi connectivity index (χ1n) is 2.61. The van der Waals surface area contributed by atoms with Crippen LogP contribution in [0.4, 0.5) is 0 Å². The third kappa shape index (κ3) is 2.01. The second-order valence-electron chi connectivity index (χ2n) is 1.76. The molecule has 0 saturated carbocycles. The summed E-state index contributed by atoms with van der Waals surface area (Å²) in [6.07, 6.45) is 2.98. The van der Waals surface area contributed by atoms with Crippen molar-refractivity contribution >= 4 is 48.7 Å². The number of hydrogen-bond acceptors (Lipinski definition) is 2. The Hall–Kier alpha value is 0.0700. The molecule has 0 bridgehead atoms.